The molecule has 0 bridgehead atoms. The maximum absolute atomic E-state index is 13.4. The molecule has 2 aromatic rings. The quantitative estimate of drug-likeness (QED) is 0.666. The van der Waals surface area contributed by atoms with Crippen LogP contribution in [-0.2, 0) is 17.8 Å². The van der Waals surface area contributed by atoms with Gasteiger partial charge in [-0.1, -0.05) is 42.5 Å². The predicted molar refractivity (Wildman–Crippen MR) is 86.5 cm³/mol. The van der Waals surface area contributed by atoms with Crippen molar-refractivity contribution in [1.82, 2.24) is 0 Å². The smallest absolute Gasteiger partial charge is 0.123 e. The number of rotatable bonds is 8. The van der Waals surface area contributed by atoms with Crippen LogP contribution in [0, 0.1) is 5.82 Å². The third-order valence-electron chi connectivity index (χ3n) is 3.27. The molecule has 0 unspecified atom stereocenters. The van der Waals surface area contributed by atoms with Crippen molar-refractivity contribution in [3.8, 4) is 5.75 Å². The van der Waals surface area contributed by atoms with Gasteiger partial charge in [0.05, 0.1) is 6.61 Å². The Balaban J connectivity index is 1.97. The second-order valence-electron chi connectivity index (χ2n) is 4.99. The van der Waals surface area contributed by atoms with E-state index in [1.54, 1.807) is 19.2 Å². The van der Waals surface area contributed by atoms with Gasteiger partial charge in [-0.25, -0.2) is 4.39 Å². The fraction of sp³-hybridized carbons (Fsp3) is 0.263. The van der Waals surface area contributed by atoms with Crippen LogP contribution in [0.3, 0.4) is 0 Å². The standard InChI is InChI=1S/C19H21FO2/c1-21-13-7-3-6-10-17-14-18(20)11-12-19(17)22-15-16-8-4-2-5-9-16/h2-5,7-9,11-12,14H,6,10,13,15H2,1H3/b7-3+. The average Bonchev–Trinajstić information content (AvgIpc) is 2.55. The summed E-state index contributed by atoms with van der Waals surface area (Å²) in [5, 5.41) is 0. The van der Waals surface area contributed by atoms with Gasteiger partial charge in [0, 0.05) is 7.11 Å². The minimum absolute atomic E-state index is 0.233. The van der Waals surface area contributed by atoms with Gasteiger partial charge >= 0.3 is 0 Å². The summed E-state index contributed by atoms with van der Waals surface area (Å²) in [6, 6.07) is 14.6. The topological polar surface area (TPSA) is 18.5 Å². The average molecular weight is 300 g/mol. The molecule has 0 aliphatic rings. The van der Waals surface area contributed by atoms with Gasteiger partial charge < -0.3 is 9.47 Å². The number of allylic oxidation sites excluding steroid dienone is 1. The Morgan fingerprint density at radius 2 is 1.86 bits per heavy atom. The molecule has 22 heavy (non-hydrogen) atoms. The van der Waals surface area contributed by atoms with Crippen molar-refractivity contribution in [3.05, 3.63) is 77.6 Å². The summed E-state index contributed by atoms with van der Waals surface area (Å²) in [6.45, 7) is 1.08. The summed E-state index contributed by atoms with van der Waals surface area (Å²) in [7, 11) is 1.66. The number of ether oxygens (including phenoxy) is 2. The van der Waals surface area contributed by atoms with Crippen LogP contribution in [0.2, 0.25) is 0 Å². The lowest BCUT2D eigenvalue weighted by atomic mass is 10.1. The molecule has 2 rings (SSSR count). The van der Waals surface area contributed by atoms with Crippen molar-refractivity contribution in [1.29, 1.82) is 0 Å². The summed E-state index contributed by atoms with van der Waals surface area (Å²) in [4.78, 5) is 0. The van der Waals surface area contributed by atoms with Crippen molar-refractivity contribution < 1.29 is 13.9 Å². The SMILES string of the molecule is COC/C=C/CCc1cc(F)ccc1OCc1ccccc1. The van der Waals surface area contributed by atoms with Crippen molar-refractivity contribution in [2.24, 2.45) is 0 Å². The zero-order valence-corrected chi connectivity index (χ0v) is 12.8. The lowest BCUT2D eigenvalue weighted by Crippen LogP contribution is -1.99. The Bertz CT molecular complexity index is 594. The van der Waals surface area contributed by atoms with Gasteiger partial charge in [-0.05, 0) is 42.2 Å². The van der Waals surface area contributed by atoms with E-state index in [1.165, 1.54) is 6.07 Å². The molecule has 2 aromatic carbocycles. The van der Waals surface area contributed by atoms with Gasteiger partial charge in [-0.3, -0.25) is 0 Å². The van der Waals surface area contributed by atoms with E-state index >= 15 is 0 Å². The minimum atomic E-state index is -0.233. The summed E-state index contributed by atoms with van der Waals surface area (Å²) >= 11 is 0. The third kappa shape index (κ3) is 5.34. The largest absolute Gasteiger partial charge is 0.489 e. The highest BCUT2D eigenvalue weighted by atomic mass is 19.1. The Morgan fingerprint density at radius 1 is 1.05 bits per heavy atom. The Hall–Kier alpha value is -2.13. The van der Waals surface area contributed by atoms with Crippen molar-refractivity contribution in [2.45, 2.75) is 19.4 Å². The van der Waals surface area contributed by atoms with Crippen molar-refractivity contribution >= 4 is 0 Å². The molecule has 0 amide bonds. The molecule has 0 atom stereocenters. The Kier molecular flexibility index (Phi) is 6.65. The van der Waals surface area contributed by atoms with E-state index in [2.05, 4.69) is 0 Å². The fourth-order valence-corrected chi connectivity index (χ4v) is 2.14. The number of benzene rings is 2. The fourth-order valence-electron chi connectivity index (χ4n) is 2.14. The van der Waals surface area contributed by atoms with Gasteiger partial charge in [0.1, 0.15) is 18.2 Å². The molecule has 0 aliphatic heterocycles. The first-order valence-electron chi connectivity index (χ1n) is 7.38. The first-order chi connectivity index (χ1) is 10.8. The molecule has 0 heterocycles. The number of methoxy groups -OCH3 is 1. The highest BCUT2D eigenvalue weighted by molar-refractivity contribution is 5.34. The summed E-state index contributed by atoms with van der Waals surface area (Å²) in [5.41, 5.74) is 1.98. The first kappa shape index (κ1) is 16.2. The molecule has 0 spiro atoms. The molecular weight excluding hydrogens is 279 g/mol. The van der Waals surface area contributed by atoms with E-state index in [4.69, 9.17) is 9.47 Å². The van der Waals surface area contributed by atoms with E-state index in [1.807, 2.05) is 42.5 Å². The first-order valence-corrected chi connectivity index (χ1v) is 7.38. The molecule has 0 N–H and O–H groups in total. The van der Waals surface area contributed by atoms with Crippen LogP contribution < -0.4 is 4.74 Å². The molecule has 0 saturated carbocycles. The van der Waals surface area contributed by atoms with E-state index in [0.717, 1.165) is 29.7 Å². The zero-order chi connectivity index (χ0) is 15.6. The second-order valence-corrected chi connectivity index (χ2v) is 4.99. The highest BCUT2D eigenvalue weighted by Gasteiger charge is 2.05. The summed E-state index contributed by atoms with van der Waals surface area (Å²) in [5.74, 6) is 0.508. The number of aryl methyl sites for hydroxylation is 1. The van der Waals surface area contributed by atoms with Gasteiger partial charge in [0.2, 0.25) is 0 Å². The van der Waals surface area contributed by atoms with Crippen LogP contribution in [0.1, 0.15) is 17.5 Å². The maximum Gasteiger partial charge on any atom is 0.123 e. The highest BCUT2D eigenvalue weighted by Crippen LogP contribution is 2.22. The van der Waals surface area contributed by atoms with Crippen LogP contribution >= 0.6 is 0 Å². The summed E-state index contributed by atoms with van der Waals surface area (Å²) < 4.78 is 24.2. The molecule has 116 valence electrons. The van der Waals surface area contributed by atoms with Crippen molar-refractivity contribution in [3.63, 3.8) is 0 Å². The molecule has 0 aromatic heterocycles. The predicted octanol–water partition coefficient (Wildman–Crippen LogP) is 4.54. The third-order valence-corrected chi connectivity index (χ3v) is 3.27. The van der Waals surface area contributed by atoms with E-state index in [-0.39, 0.29) is 5.82 Å². The number of halogens is 1. The van der Waals surface area contributed by atoms with Crippen LogP contribution in [0.4, 0.5) is 4.39 Å². The molecule has 0 aliphatic carbocycles. The molecule has 0 saturated heterocycles. The lowest BCUT2D eigenvalue weighted by Gasteiger charge is -2.11. The van der Waals surface area contributed by atoms with Crippen LogP contribution in [0.25, 0.3) is 0 Å². The van der Waals surface area contributed by atoms with E-state index < -0.39 is 0 Å². The number of hydrogen-bond acceptors (Lipinski definition) is 2. The second kappa shape index (κ2) is 9.00. The van der Waals surface area contributed by atoms with E-state index in [0.29, 0.717) is 13.2 Å². The minimum Gasteiger partial charge on any atom is -0.489 e. The van der Waals surface area contributed by atoms with Gasteiger partial charge in [-0.2, -0.15) is 0 Å². The maximum atomic E-state index is 13.4. The Labute approximate surface area is 131 Å². The zero-order valence-electron chi connectivity index (χ0n) is 12.8. The molecule has 3 heteroatoms. The van der Waals surface area contributed by atoms with Gasteiger partial charge in [-0.15, -0.1) is 0 Å². The van der Waals surface area contributed by atoms with E-state index in [9.17, 15) is 4.39 Å². The molecule has 0 fully saturated rings. The van der Waals surface area contributed by atoms with Crippen LogP contribution in [0.15, 0.2) is 60.7 Å². The van der Waals surface area contributed by atoms with Crippen LogP contribution in [-0.4, -0.2) is 13.7 Å². The molecule has 2 nitrogen and oxygen atoms in total. The molecular formula is C19H21FO2. The number of hydrogen-bond donors (Lipinski definition) is 0. The Morgan fingerprint density at radius 3 is 2.64 bits per heavy atom. The van der Waals surface area contributed by atoms with Gasteiger partial charge in [0.25, 0.3) is 0 Å². The summed E-state index contributed by atoms with van der Waals surface area (Å²) in [6.07, 6.45) is 5.57. The van der Waals surface area contributed by atoms with Crippen molar-refractivity contribution in [2.75, 3.05) is 13.7 Å². The monoisotopic (exact) mass is 300 g/mol. The van der Waals surface area contributed by atoms with Crippen LogP contribution in [0.5, 0.6) is 5.75 Å². The lowest BCUT2D eigenvalue weighted by molar-refractivity contribution is 0.233. The molecule has 0 radical (unpaired) electrons. The van der Waals surface area contributed by atoms with Gasteiger partial charge in [0.15, 0.2) is 0 Å². The normalized spacial score (nSPS) is 11.0.